The van der Waals surface area contributed by atoms with Crippen molar-refractivity contribution in [3.05, 3.63) is 53.3 Å². The van der Waals surface area contributed by atoms with E-state index >= 15 is 0 Å². The van der Waals surface area contributed by atoms with Gasteiger partial charge in [-0.25, -0.2) is 9.37 Å². The number of aromatic amines is 1. The highest BCUT2D eigenvalue weighted by molar-refractivity contribution is 7.99. The Morgan fingerprint density at radius 2 is 2.10 bits per heavy atom. The van der Waals surface area contributed by atoms with Crippen molar-refractivity contribution >= 4 is 22.8 Å². The van der Waals surface area contributed by atoms with Crippen molar-refractivity contribution in [3.8, 4) is 0 Å². The quantitative estimate of drug-likeness (QED) is 0.763. The number of rotatable bonds is 3. The number of hydrogen-bond acceptors (Lipinski definition) is 3. The van der Waals surface area contributed by atoms with E-state index < -0.39 is 0 Å². The highest BCUT2D eigenvalue weighted by Gasteiger charge is 2.15. The number of H-pyrrole nitrogens is 1. The van der Waals surface area contributed by atoms with Gasteiger partial charge in [0.1, 0.15) is 5.82 Å². The van der Waals surface area contributed by atoms with Crippen LogP contribution in [0.25, 0.3) is 11.0 Å². The van der Waals surface area contributed by atoms with Crippen LogP contribution in [0.2, 0.25) is 0 Å². The van der Waals surface area contributed by atoms with Crippen LogP contribution >= 0.6 is 11.8 Å². The predicted molar refractivity (Wildman–Crippen MR) is 84.0 cm³/mol. The molecule has 5 heteroatoms. The Labute approximate surface area is 126 Å². The third kappa shape index (κ3) is 2.80. The second-order valence-corrected chi connectivity index (χ2v) is 6.14. The van der Waals surface area contributed by atoms with Crippen LogP contribution in [0.1, 0.15) is 24.1 Å². The topological polar surface area (TPSA) is 54.7 Å². The molecule has 3 N–H and O–H groups in total. The molecule has 0 saturated carbocycles. The standard InChI is InChI=1S/C16H16FN3S/c1-9-6-7-12-13(8-9)20-16(19-12)21-14-5-3-4-11(17)15(14)10(2)18/h3-8,10H,18H2,1-2H3,(H,19,20). The largest absolute Gasteiger partial charge is 0.333 e. The number of halogens is 1. The number of benzene rings is 2. The summed E-state index contributed by atoms with van der Waals surface area (Å²) in [7, 11) is 0. The number of aromatic nitrogens is 2. The van der Waals surface area contributed by atoms with Crippen LogP contribution in [0.15, 0.2) is 46.5 Å². The number of nitrogens with zero attached hydrogens (tertiary/aromatic N) is 1. The van der Waals surface area contributed by atoms with Crippen molar-refractivity contribution in [1.82, 2.24) is 9.97 Å². The Bertz CT molecular complexity index is 795. The zero-order valence-electron chi connectivity index (χ0n) is 11.9. The number of imidazole rings is 1. The van der Waals surface area contributed by atoms with E-state index in [9.17, 15) is 4.39 Å². The molecule has 0 fully saturated rings. The lowest BCUT2D eigenvalue weighted by atomic mass is 10.1. The van der Waals surface area contributed by atoms with Gasteiger partial charge >= 0.3 is 0 Å². The predicted octanol–water partition coefficient (Wildman–Crippen LogP) is 4.18. The number of nitrogens with one attached hydrogen (secondary N) is 1. The SMILES string of the molecule is Cc1ccc2nc(Sc3cccc(F)c3C(C)N)[nH]c2c1. The lowest BCUT2D eigenvalue weighted by molar-refractivity contribution is 0.585. The molecule has 0 saturated heterocycles. The molecule has 0 aliphatic rings. The first-order valence-electron chi connectivity index (χ1n) is 6.73. The van der Waals surface area contributed by atoms with Gasteiger partial charge in [0.15, 0.2) is 5.16 Å². The number of hydrogen-bond donors (Lipinski definition) is 2. The first-order chi connectivity index (χ1) is 10.0. The van der Waals surface area contributed by atoms with E-state index in [-0.39, 0.29) is 11.9 Å². The first kappa shape index (κ1) is 14.1. The smallest absolute Gasteiger partial charge is 0.171 e. The van der Waals surface area contributed by atoms with Gasteiger partial charge in [0.25, 0.3) is 0 Å². The fourth-order valence-electron chi connectivity index (χ4n) is 2.30. The van der Waals surface area contributed by atoms with Crippen molar-refractivity contribution in [2.75, 3.05) is 0 Å². The third-order valence-electron chi connectivity index (χ3n) is 3.29. The number of fused-ring (bicyclic) bond motifs is 1. The van der Waals surface area contributed by atoms with E-state index in [2.05, 4.69) is 9.97 Å². The summed E-state index contributed by atoms with van der Waals surface area (Å²) in [5.41, 5.74) is 9.47. The Balaban J connectivity index is 2.00. The normalized spacial score (nSPS) is 12.8. The van der Waals surface area contributed by atoms with Crippen molar-refractivity contribution in [2.45, 2.75) is 29.9 Å². The van der Waals surface area contributed by atoms with Gasteiger partial charge in [-0.15, -0.1) is 0 Å². The third-order valence-corrected chi connectivity index (χ3v) is 4.25. The molecule has 0 spiro atoms. The molecule has 0 aliphatic carbocycles. The molecule has 0 bridgehead atoms. The fraction of sp³-hybridized carbons (Fsp3) is 0.188. The van der Waals surface area contributed by atoms with Crippen LogP contribution in [0, 0.1) is 12.7 Å². The maximum atomic E-state index is 13.9. The average Bonchev–Trinajstić information content (AvgIpc) is 2.79. The molecule has 3 nitrogen and oxygen atoms in total. The van der Waals surface area contributed by atoms with Crippen molar-refractivity contribution in [3.63, 3.8) is 0 Å². The molecule has 0 amide bonds. The Morgan fingerprint density at radius 3 is 2.86 bits per heavy atom. The highest BCUT2D eigenvalue weighted by atomic mass is 32.2. The molecule has 0 aliphatic heterocycles. The molecule has 1 unspecified atom stereocenters. The van der Waals surface area contributed by atoms with Gasteiger partial charge in [-0.3, -0.25) is 0 Å². The minimum atomic E-state index is -0.361. The monoisotopic (exact) mass is 301 g/mol. The van der Waals surface area contributed by atoms with Gasteiger partial charge in [0.2, 0.25) is 0 Å². The Morgan fingerprint density at radius 1 is 1.29 bits per heavy atom. The summed E-state index contributed by atoms with van der Waals surface area (Å²) in [6.07, 6.45) is 0. The summed E-state index contributed by atoms with van der Waals surface area (Å²) in [5.74, 6) is -0.276. The average molecular weight is 301 g/mol. The van der Waals surface area contributed by atoms with Gasteiger partial charge in [-0.2, -0.15) is 0 Å². The van der Waals surface area contributed by atoms with Crippen LogP contribution < -0.4 is 5.73 Å². The van der Waals surface area contributed by atoms with Crippen LogP contribution in [0.3, 0.4) is 0 Å². The molecule has 1 atom stereocenters. The summed E-state index contributed by atoms with van der Waals surface area (Å²) in [6.45, 7) is 3.82. The van der Waals surface area contributed by atoms with Gasteiger partial charge < -0.3 is 10.7 Å². The lowest BCUT2D eigenvalue weighted by Crippen LogP contribution is -2.09. The minimum Gasteiger partial charge on any atom is -0.333 e. The second-order valence-electron chi connectivity index (χ2n) is 5.10. The first-order valence-corrected chi connectivity index (χ1v) is 7.54. The molecular formula is C16H16FN3S. The zero-order valence-corrected chi connectivity index (χ0v) is 12.7. The summed E-state index contributed by atoms with van der Waals surface area (Å²) >= 11 is 1.40. The fourth-order valence-corrected chi connectivity index (χ4v) is 3.35. The Kier molecular flexibility index (Phi) is 3.69. The zero-order chi connectivity index (χ0) is 15.0. The van der Waals surface area contributed by atoms with E-state index in [0.717, 1.165) is 21.1 Å². The number of aryl methyl sites for hydroxylation is 1. The molecule has 1 aromatic heterocycles. The van der Waals surface area contributed by atoms with Gasteiger partial charge in [-0.05, 0) is 43.7 Å². The molecule has 3 rings (SSSR count). The van der Waals surface area contributed by atoms with E-state index in [1.54, 1.807) is 13.0 Å². The molecule has 2 aromatic carbocycles. The molecule has 3 aromatic rings. The van der Waals surface area contributed by atoms with Crippen LogP contribution in [-0.2, 0) is 0 Å². The van der Waals surface area contributed by atoms with Crippen LogP contribution in [-0.4, -0.2) is 9.97 Å². The summed E-state index contributed by atoms with van der Waals surface area (Å²) in [4.78, 5) is 8.57. The van der Waals surface area contributed by atoms with Gasteiger partial charge in [0.05, 0.1) is 11.0 Å². The second kappa shape index (κ2) is 5.50. The van der Waals surface area contributed by atoms with Crippen molar-refractivity contribution in [1.29, 1.82) is 0 Å². The molecular weight excluding hydrogens is 285 g/mol. The van der Waals surface area contributed by atoms with Crippen LogP contribution in [0.4, 0.5) is 4.39 Å². The van der Waals surface area contributed by atoms with Crippen LogP contribution in [0.5, 0.6) is 0 Å². The maximum Gasteiger partial charge on any atom is 0.171 e. The van der Waals surface area contributed by atoms with E-state index in [4.69, 9.17) is 5.73 Å². The summed E-state index contributed by atoms with van der Waals surface area (Å²) in [6, 6.07) is 10.7. The van der Waals surface area contributed by atoms with Crippen molar-refractivity contribution in [2.24, 2.45) is 5.73 Å². The minimum absolute atomic E-state index is 0.276. The van der Waals surface area contributed by atoms with E-state index in [0.29, 0.717) is 5.56 Å². The molecule has 0 radical (unpaired) electrons. The van der Waals surface area contributed by atoms with Crippen molar-refractivity contribution < 1.29 is 4.39 Å². The molecule has 1 heterocycles. The van der Waals surface area contributed by atoms with Gasteiger partial charge in [-0.1, -0.05) is 23.9 Å². The molecule has 108 valence electrons. The van der Waals surface area contributed by atoms with Gasteiger partial charge in [0, 0.05) is 16.5 Å². The highest BCUT2D eigenvalue weighted by Crippen LogP contribution is 2.33. The van der Waals surface area contributed by atoms with E-state index in [1.807, 2.05) is 31.2 Å². The van der Waals surface area contributed by atoms with E-state index in [1.165, 1.54) is 23.4 Å². The summed E-state index contributed by atoms with van der Waals surface area (Å²) in [5, 5.41) is 0.739. The molecule has 21 heavy (non-hydrogen) atoms. The Hall–Kier alpha value is -1.85. The maximum absolute atomic E-state index is 13.9. The summed E-state index contributed by atoms with van der Waals surface area (Å²) < 4.78 is 13.9. The number of nitrogens with two attached hydrogens (primary N) is 1. The lowest BCUT2D eigenvalue weighted by Gasteiger charge is -2.12.